The van der Waals surface area contributed by atoms with Gasteiger partial charge in [-0.05, 0) is 26.2 Å². The summed E-state index contributed by atoms with van der Waals surface area (Å²) in [6, 6.07) is 2.88. The van der Waals surface area contributed by atoms with Crippen LogP contribution in [-0.4, -0.2) is 22.6 Å². The molecule has 108 valence electrons. The van der Waals surface area contributed by atoms with E-state index < -0.39 is 5.82 Å². The predicted molar refractivity (Wildman–Crippen MR) is 82.4 cm³/mol. The zero-order valence-electron chi connectivity index (χ0n) is 11.2. The lowest BCUT2D eigenvalue weighted by Crippen LogP contribution is -2.07. The average molecular weight is 331 g/mol. The first kappa shape index (κ1) is 15.4. The molecule has 0 unspecified atom stereocenters. The fourth-order valence-electron chi connectivity index (χ4n) is 1.40. The number of hydrogen-bond donors (Lipinski definition) is 1. The Balaban J connectivity index is 2.26. The van der Waals surface area contributed by atoms with Crippen LogP contribution in [-0.2, 0) is 0 Å². The molecule has 0 fully saturated rings. The maximum Gasteiger partial charge on any atom is 0.179 e. The van der Waals surface area contributed by atoms with Crippen molar-refractivity contribution in [2.45, 2.75) is 33.5 Å². The molecule has 1 heterocycles. The molecule has 0 bridgehead atoms. The van der Waals surface area contributed by atoms with E-state index in [-0.39, 0.29) is 11.9 Å². The number of nitrogens with two attached hydrogens (primary N) is 1. The Morgan fingerprint density at radius 1 is 1.30 bits per heavy atom. The molecule has 20 heavy (non-hydrogen) atoms. The summed E-state index contributed by atoms with van der Waals surface area (Å²) < 4.78 is 20.8. The highest BCUT2D eigenvalue weighted by atomic mass is 32.2. The highest BCUT2D eigenvalue weighted by Gasteiger charge is 2.13. The first-order valence-electron chi connectivity index (χ1n) is 5.80. The smallest absolute Gasteiger partial charge is 0.179 e. The standard InChI is InChI=1S/C12H14FN3OS3/c1-6(2)17-9-5-10(8(14)4-7(9)13)19-12-16-15-11(18-3)20-12/h4-6H,14H2,1-3H3. The topological polar surface area (TPSA) is 61.0 Å². The molecule has 0 saturated heterocycles. The second-order valence-electron chi connectivity index (χ2n) is 4.13. The zero-order chi connectivity index (χ0) is 14.7. The monoisotopic (exact) mass is 331 g/mol. The molecule has 0 aliphatic carbocycles. The highest BCUT2D eigenvalue weighted by Crippen LogP contribution is 2.38. The van der Waals surface area contributed by atoms with Crippen molar-refractivity contribution < 1.29 is 9.13 Å². The van der Waals surface area contributed by atoms with Crippen LogP contribution in [0.15, 0.2) is 25.7 Å². The molecule has 0 radical (unpaired) electrons. The van der Waals surface area contributed by atoms with Crippen LogP contribution in [0.3, 0.4) is 0 Å². The van der Waals surface area contributed by atoms with E-state index in [4.69, 9.17) is 10.5 Å². The average Bonchev–Trinajstić information content (AvgIpc) is 2.82. The number of nitrogens with zero attached hydrogens (tertiary/aromatic N) is 2. The largest absolute Gasteiger partial charge is 0.488 e. The van der Waals surface area contributed by atoms with Gasteiger partial charge < -0.3 is 10.5 Å². The lowest BCUT2D eigenvalue weighted by molar-refractivity contribution is 0.230. The second kappa shape index (κ2) is 6.64. The van der Waals surface area contributed by atoms with Gasteiger partial charge in [0, 0.05) is 16.6 Å². The third-order valence-corrected chi connectivity index (χ3v) is 5.21. The normalized spacial score (nSPS) is 11.1. The van der Waals surface area contributed by atoms with Crippen molar-refractivity contribution in [2.75, 3.05) is 12.0 Å². The number of hydrogen-bond acceptors (Lipinski definition) is 7. The van der Waals surface area contributed by atoms with Crippen LogP contribution in [0.1, 0.15) is 13.8 Å². The van der Waals surface area contributed by atoms with E-state index in [1.807, 2.05) is 20.1 Å². The Bertz CT molecular complexity index is 604. The SMILES string of the molecule is CSc1nnc(Sc2cc(OC(C)C)c(F)cc2N)s1. The minimum atomic E-state index is -0.456. The van der Waals surface area contributed by atoms with Crippen LogP contribution in [0.25, 0.3) is 0 Å². The molecular weight excluding hydrogens is 317 g/mol. The molecule has 0 amide bonds. The van der Waals surface area contributed by atoms with Gasteiger partial charge in [-0.1, -0.05) is 34.9 Å². The van der Waals surface area contributed by atoms with Gasteiger partial charge in [-0.3, -0.25) is 0 Å². The van der Waals surface area contributed by atoms with Crippen molar-refractivity contribution >= 4 is 40.5 Å². The van der Waals surface area contributed by atoms with E-state index >= 15 is 0 Å². The number of anilines is 1. The van der Waals surface area contributed by atoms with E-state index in [0.717, 1.165) is 8.68 Å². The summed E-state index contributed by atoms with van der Waals surface area (Å²) in [4.78, 5) is 0.714. The molecular formula is C12H14FN3OS3. The Morgan fingerprint density at radius 2 is 2.00 bits per heavy atom. The van der Waals surface area contributed by atoms with Crippen molar-refractivity contribution in [2.24, 2.45) is 0 Å². The van der Waals surface area contributed by atoms with Gasteiger partial charge in [-0.15, -0.1) is 10.2 Å². The summed E-state index contributed by atoms with van der Waals surface area (Å²) in [5.74, 6) is -0.256. The van der Waals surface area contributed by atoms with Gasteiger partial charge in [0.1, 0.15) is 0 Å². The number of halogens is 1. The number of aromatic nitrogens is 2. The molecule has 0 spiro atoms. The summed E-state index contributed by atoms with van der Waals surface area (Å²) >= 11 is 4.37. The van der Waals surface area contributed by atoms with Gasteiger partial charge in [0.25, 0.3) is 0 Å². The number of benzene rings is 1. The number of ether oxygens (including phenoxy) is 1. The van der Waals surface area contributed by atoms with Gasteiger partial charge in [-0.25, -0.2) is 4.39 Å². The Morgan fingerprint density at radius 3 is 2.60 bits per heavy atom. The number of nitrogen functional groups attached to an aromatic ring is 1. The molecule has 1 aromatic carbocycles. The Hall–Kier alpha value is -0.990. The van der Waals surface area contributed by atoms with Gasteiger partial charge in [0.15, 0.2) is 20.2 Å². The summed E-state index contributed by atoms with van der Waals surface area (Å²) in [6.07, 6.45) is 1.84. The molecule has 1 aromatic heterocycles. The molecule has 4 nitrogen and oxygen atoms in total. The minimum absolute atomic E-state index is 0.101. The van der Waals surface area contributed by atoms with Crippen molar-refractivity contribution in [3.8, 4) is 5.75 Å². The molecule has 0 aliphatic rings. The minimum Gasteiger partial charge on any atom is -0.488 e. The summed E-state index contributed by atoms with van der Waals surface area (Å²) in [6.45, 7) is 3.69. The summed E-state index contributed by atoms with van der Waals surface area (Å²) in [5.41, 5.74) is 6.21. The summed E-state index contributed by atoms with van der Waals surface area (Å²) in [7, 11) is 0. The van der Waals surface area contributed by atoms with Crippen LogP contribution < -0.4 is 10.5 Å². The van der Waals surface area contributed by atoms with Crippen molar-refractivity contribution in [1.29, 1.82) is 0 Å². The molecule has 2 rings (SSSR count). The van der Waals surface area contributed by atoms with Gasteiger partial charge in [0.05, 0.1) is 6.10 Å². The van der Waals surface area contributed by atoms with E-state index in [1.54, 1.807) is 6.07 Å². The van der Waals surface area contributed by atoms with Crippen LogP contribution in [0.4, 0.5) is 10.1 Å². The maximum atomic E-state index is 13.7. The van der Waals surface area contributed by atoms with E-state index in [2.05, 4.69) is 10.2 Å². The Kier molecular flexibility index (Phi) is 5.11. The van der Waals surface area contributed by atoms with Gasteiger partial charge in [-0.2, -0.15) is 0 Å². The third kappa shape index (κ3) is 3.77. The van der Waals surface area contributed by atoms with Crippen LogP contribution in [0.2, 0.25) is 0 Å². The maximum absolute atomic E-state index is 13.7. The van der Waals surface area contributed by atoms with Crippen molar-refractivity contribution in [3.63, 3.8) is 0 Å². The predicted octanol–water partition coefficient (Wildman–Crippen LogP) is 3.92. The quantitative estimate of drug-likeness (QED) is 0.662. The first-order valence-corrected chi connectivity index (χ1v) is 8.66. The molecule has 0 saturated carbocycles. The lowest BCUT2D eigenvalue weighted by Gasteiger charge is -2.12. The molecule has 0 atom stereocenters. The van der Waals surface area contributed by atoms with E-state index in [0.29, 0.717) is 10.6 Å². The molecule has 2 aromatic rings. The fourth-order valence-corrected chi connectivity index (χ4v) is 3.85. The number of thioether (sulfide) groups is 1. The molecule has 2 N–H and O–H groups in total. The lowest BCUT2D eigenvalue weighted by atomic mass is 10.3. The van der Waals surface area contributed by atoms with Gasteiger partial charge in [0.2, 0.25) is 0 Å². The Labute approximate surface area is 129 Å². The second-order valence-corrected chi connectivity index (χ2v) is 7.45. The molecule has 0 aliphatic heterocycles. The van der Waals surface area contributed by atoms with Crippen molar-refractivity contribution in [1.82, 2.24) is 10.2 Å². The first-order chi connectivity index (χ1) is 9.49. The van der Waals surface area contributed by atoms with Gasteiger partial charge >= 0.3 is 0 Å². The van der Waals surface area contributed by atoms with E-state index in [9.17, 15) is 4.39 Å². The van der Waals surface area contributed by atoms with Crippen LogP contribution in [0.5, 0.6) is 5.75 Å². The van der Waals surface area contributed by atoms with Crippen LogP contribution in [0, 0.1) is 5.82 Å². The van der Waals surface area contributed by atoms with E-state index in [1.165, 1.54) is 40.9 Å². The fraction of sp³-hybridized carbons (Fsp3) is 0.333. The van der Waals surface area contributed by atoms with Crippen molar-refractivity contribution in [3.05, 3.63) is 17.9 Å². The third-order valence-electron chi connectivity index (χ3n) is 2.19. The number of rotatable bonds is 5. The zero-order valence-corrected chi connectivity index (χ0v) is 13.7. The summed E-state index contributed by atoms with van der Waals surface area (Å²) in [5, 5.41) is 8.07. The van der Waals surface area contributed by atoms with Crippen LogP contribution >= 0.6 is 34.9 Å². The highest BCUT2D eigenvalue weighted by molar-refractivity contribution is 8.03. The molecule has 8 heteroatoms.